The second-order valence-corrected chi connectivity index (χ2v) is 4.56. The molecule has 2 rings (SSSR count). The van der Waals surface area contributed by atoms with Gasteiger partial charge in [0.2, 0.25) is 0 Å². The van der Waals surface area contributed by atoms with Crippen molar-refractivity contribution in [2.75, 3.05) is 17.7 Å². The van der Waals surface area contributed by atoms with Gasteiger partial charge in [0.25, 0.3) is 0 Å². The normalized spacial score (nSPS) is 10.4. The van der Waals surface area contributed by atoms with Crippen molar-refractivity contribution in [3.8, 4) is 0 Å². The van der Waals surface area contributed by atoms with Crippen LogP contribution in [0.4, 0.5) is 11.5 Å². The van der Waals surface area contributed by atoms with Crippen molar-refractivity contribution < 1.29 is 0 Å². The molecule has 4 nitrogen and oxygen atoms in total. The van der Waals surface area contributed by atoms with Crippen LogP contribution in [-0.2, 0) is 6.54 Å². The molecule has 2 heterocycles. The van der Waals surface area contributed by atoms with E-state index in [2.05, 4.69) is 14.9 Å². The summed E-state index contributed by atoms with van der Waals surface area (Å²) in [5, 5.41) is 0. The van der Waals surface area contributed by atoms with Gasteiger partial charge in [0.1, 0.15) is 5.82 Å². The molecule has 0 atom stereocenters. The fourth-order valence-electron chi connectivity index (χ4n) is 1.51. The number of rotatable bonds is 3. The Morgan fingerprint density at radius 1 is 1.44 bits per heavy atom. The monoisotopic (exact) mass is 234 g/mol. The molecule has 2 aromatic rings. The van der Waals surface area contributed by atoms with E-state index in [0.717, 1.165) is 17.9 Å². The van der Waals surface area contributed by atoms with E-state index in [1.807, 2.05) is 31.6 Å². The lowest BCUT2D eigenvalue weighted by Gasteiger charge is -2.19. The van der Waals surface area contributed by atoms with Gasteiger partial charge < -0.3 is 10.6 Å². The van der Waals surface area contributed by atoms with E-state index >= 15 is 0 Å². The lowest BCUT2D eigenvalue weighted by molar-refractivity contribution is 0.923. The third-order valence-electron chi connectivity index (χ3n) is 2.45. The summed E-state index contributed by atoms with van der Waals surface area (Å²) in [6, 6.07) is 3.86. The third-order valence-corrected chi connectivity index (χ3v) is 3.37. The van der Waals surface area contributed by atoms with Crippen molar-refractivity contribution >= 4 is 22.8 Å². The van der Waals surface area contributed by atoms with Crippen molar-refractivity contribution in [1.29, 1.82) is 0 Å². The molecule has 0 spiro atoms. The number of nitrogens with two attached hydrogens (primary N) is 1. The zero-order valence-corrected chi connectivity index (χ0v) is 10.2. The summed E-state index contributed by atoms with van der Waals surface area (Å²) in [7, 11) is 2.01. The van der Waals surface area contributed by atoms with Crippen LogP contribution in [0.1, 0.15) is 10.6 Å². The molecule has 0 aliphatic carbocycles. The van der Waals surface area contributed by atoms with E-state index in [1.165, 1.54) is 4.88 Å². The molecule has 0 aliphatic heterocycles. The average Bonchev–Trinajstić information content (AvgIpc) is 2.65. The number of thiazole rings is 1. The summed E-state index contributed by atoms with van der Waals surface area (Å²) in [6.45, 7) is 2.83. The number of nitrogens with zero attached hydrogens (tertiary/aromatic N) is 3. The highest BCUT2D eigenvalue weighted by molar-refractivity contribution is 7.09. The molecule has 0 amide bonds. The zero-order chi connectivity index (χ0) is 11.5. The number of hydrogen-bond acceptors (Lipinski definition) is 5. The predicted octanol–water partition coefficient (Wildman–Crippen LogP) is 2.07. The second-order valence-electron chi connectivity index (χ2n) is 3.62. The van der Waals surface area contributed by atoms with Gasteiger partial charge in [-0.25, -0.2) is 9.97 Å². The molecule has 84 valence electrons. The molecule has 0 aromatic carbocycles. The predicted molar refractivity (Wildman–Crippen MR) is 67.6 cm³/mol. The molecule has 0 fully saturated rings. The number of anilines is 2. The minimum Gasteiger partial charge on any atom is -0.382 e. The highest BCUT2D eigenvalue weighted by Gasteiger charge is 2.09. The van der Waals surface area contributed by atoms with Gasteiger partial charge in [-0.2, -0.15) is 0 Å². The van der Waals surface area contributed by atoms with Crippen molar-refractivity contribution in [3.63, 3.8) is 0 Å². The van der Waals surface area contributed by atoms with Gasteiger partial charge in [-0.05, 0) is 19.1 Å². The van der Waals surface area contributed by atoms with Gasteiger partial charge in [-0.1, -0.05) is 0 Å². The highest BCUT2D eigenvalue weighted by Crippen LogP contribution is 2.22. The topological polar surface area (TPSA) is 55.0 Å². The highest BCUT2D eigenvalue weighted by atomic mass is 32.1. The Morgan fingerprint density at radius 3 is 2.88 bits per heavy atom. The Morgan fingerprint density at radius 2 is 2.25 bits per heavy atom. The maximum Gasteiger partial charge on any atom is 0.146 e. The van der Waals surface area contributed by atoms with Crippen LogP contribution in [-0.4, -0.2) is 17.0 Å². The van der Waals surface area contributed by atoms with Crippen LogP contribution < -0.4 is 10.6 Å². The Balaban J connectivity index is 2.18. The summed E-state index contributed by atoms with van der Waals surface area (Å²) >= 11 is 1.66. The fourth-order valence-corrected chi connectivity index (χ4v) is 2.34. The molecule has 16 heavy (non-hydrogen) atoms. The average molecular weight is 234 g/mol. The summed E-state index contributed by atoms with van der Waals surface area (Å²) in [4.78, 5) is 11.6. The molecule has 0 saturated carbocycles. The van der Waals surface area contributed by atoms with Crippen LogP contribution in [0.15, 0.2) is 23.8 Å². The third kappa shape index (κ3) is 2.14. The molecular weight excluding hydrogens is 220 g/mol. The van der Waals surface area contributed by atoms with Gasteiger partial charge in [0, 0.05) is 18.1 Å². The molecular formula is C11H14N4S. The first-order valence-corrected chi connectivity index (χ1v) is 5.87. The van der Waals surface area contributed by atoms with Crippen LogP contribution in [0.2, 0.25) is 0 Å². The van der Waals surface area contributed by atoms with Gasteiger partial charge in [-0.15, -0.1) is 11.3 Å². The van der Waals surface area contributed by atoms with Crippen LogP contribution in [0.25, 0.3) is 0 Å². The van der Waals surface area contributed by atoms with Crippen LogP contribution in [0.3, 0.4) is 0 Å². The van der Waals surface area contributed by atoms with E-state index in [0.29, 0.717) is 5.82 Å². The first kappa shape index (κ1) is 10.9. The number of hydrogen-bond donors (Lipinski definition) is 1. The minimum absolute atomic E-state index is 0.562. The number of pyridine rings is 1. The van der Waals surface area contributed by atoms with Gasteiger partial charge in [0.15, 0.2) is 0 Å². The molecule has 0 radical (unpaired) electrons. The maximum atomic E-state index is 5.82. The standard InChI is InChI=1S/C11H14N4S/c1-8-10(16-7-14-8)6-15(2)9-4-3-5-13-11(9)12/h3-5,7H,6H2,1-2H3,(H2,12,13). The van der Waals surface area contributed by atoms with Crippen LogP contribution in [0.5, 0.6) is 0 Å². The second kappa shape index (κ2) is 4.49. The molecule has 0 bridgehead atoms. The number of aryl methyl sites for hydroxylation is 1. The van der Waals surface area contributed by atoms with Crippen molar-refractivity contribution in [2.24, 2.45) is 0 Å². The van der Waals surface area contributed by atoms with Crippen molar-refractivity contribution in [3.05, 3.63) is 34.4 Å². The SMILES string of the molecule is Cc1ncsc1CN(C)c1cccnc1N. The fraction of sp³-hybridized carbons (Fsp3) is 0.273. The number of nitrogen functional groups attached to an aromatic ring is 1. The Kier molecular flexibility index (Phi) is 3.05. The van der Waals surface area contributed by atoms with E-state index in [1.54, 1.807) is 17.5 Å². The quantitative estimate of drug-likeness (QED) is 0.883. The number of aromatic nitrogens is 2. The van der Waals surface area contributed by atoms with Gasteiger partial charge in [0.05, 0.1) is 23.4 Å². The van der Waals surface area contributed by atoms with Crippen LogP contribution >= 0.6 is 11.3 Å². The summed E-state index contributed by atoms with van der Waals surface area (Å²) < 4.78 is 0. The molecule has 0 saturated heterocycles. The minimum atomic E-state index is 0.562. The van der Waals surface area contributed by atoms with E-state index in [9.17, 15) is 0 Å². The van der Waals surface area contributed by atoms with Crippen molar-refractivity contribution in [1.82, 2.24) is 9.97 Å². The Bertz CT molecular complexity index is 480. The maximum absolute atomic E-state index is 5.82. The largest absolute Gasteiger partial charge is 0.382 e. The smallest absolute Gasteiger partial charge is 0.146 e. The molecule has 2 N–H and O–H groups in total. The molecule has 0 aliphatic rings. The molecule has 0 unspecified atom stereocenters. The van der Waals surface area contributed by atoms with Gasteiger partial charge in [-0.3, -0.25) is 0 Å². The molecule has 5 heteroatoms. The van der Waals surface area contributed by atoms with E-state index in [-0.39, 0.29) is 0 Å². The summed E-state index contributed by atoms with van der Waals surface area (Å²) in [6.07, 6.45) is 1.70. The van der Waals surface area contributed by atoms with Crippen LogP contribution in [0, 0.1) is 6.92 Å². The lowest BCUT2D eigenvalue weighted by Crippen LogP contribution is -2.18. The van der Waals surface area contributed by atoms with E-state index < -0.39 is 0 Å². The molecule has 2 aromatic heterocycles. The lowest BCUT2D eigenvalue weighted by atomic mass is 10.3. The first-order valence-electron chi connectivity index (χ1n) is 4.99. The summed E-state index contributed by atoms with van der Waals surface area (Å²) in [5.41, 5.74) is 9.73. The van der Waals surface area contributed by atoms with Crippen molar-refractivity contribution in [2.45, 2.75) is 13.5 Å². The Hall–Kier alpha value is -1.62. The zero-order valence-electron chi connectivity index (χ0n) is 9.34. The van der Waals surface area contributed by atoms with E-state index in [4.69, 9.17) is 5.73 Å². The first-order chi connectivity index (χ1) is 7.68. The van der Waals surface area contributed by atoms with Gasteiger partial charge >= 0.3 is 0 Å². The Labute approximate surface area is 98.8 Å². The summed E-state index contributed by atoms with van der Waals surface area (Å²) in [5.74, 6) is 0.562.